The number of halogens is 1. The zero-order valence-corrected chi connectivity index (χ0v) is 23.2. The van der Waals surface area contributed by atoms with Crippen molar-refractivity contribution in [2.75, 3.05) is 32.7 Å². The van der Waals surface area contributed by atoms with Crippen molar-refractivity contribution in [2.45, 2.75) is 71.6 Å². The number of hydrogen-bond donors (Lipinski definition) is 0. The lowest BCUT2D eigenvalue weighted by molar-refractivity contribution is 0.0749. The van der Waals surface area contributed by atoms with E-state index in [-0.39, 0.29) is 11.7 Å². The van der Waals surface area contributed by atoms with Crippen LogP contribution in [0.15, 0.2) is 48.7 Å². The van der Waals surface area contributed by atoms with Crippen LogP contribution >= 0.6 is 0 Å². The van der Waals surface area contributed by atoms with Crippen LogP contribution in [0.5, 0.6) is 0 Å². The quantitative estimate of drug-likeness (QED) is 0.221. The van der Waals surface area contributed by atoms with Crippen molar-refractivity contribution >= 4 is 17.5 Å². The van der Waals surface area contributed by atoms with E-state index in [9.17, 15) is 9.18 Å². The highest BCUT2D eigenvalue weighted by Gasteiger charge is 2.19. The van der Waals surface area contributed by atoms with E-state index < -0.39 is 0 Å². The zero-order valence-electron chi connectivity index (χ0n) is 23.2. The predicted octanol–water partition coefficient (Wildman–Crippen LogP) is 7.46. The van der Waals surface area contributed by atoms with Crippen molar-refractivity contribution in [2.24, 2.45) is 0 Å². The molecule has 1 saturated heterocycles. The van der Waals surface area contributed by atoms with Gasteiger partial charge in [-0.05, 0) is 75.2 Å². The van der Waals surface area contributed by atoms with Crippen molar-refractivity contribution in [3.8, 4) is 11.3 Å². The maximum absolute atomic E-state index is 13.7. The Morgan fingerprint density at radius 2 is 1.66 bits per heavy atom. The molecule has 38 heavy (non-hydrogen) atoms. The second-order valence-electron chi connectivity index (χ2n) is 10.5. The molecule has 1 amide bonds. The lowest BCUT2D eigenvalue weighted by Crippen LogP contribution is -2.33. The van der Waals surface area contributed by atoms with Gasteiger partial charge in [-0.2, -0.15) is 5.10 Å². The lowest BCUT2D eigenvalue weighted by atomic mass is 10.0. The Morgan fingerprint density at radius 3 is 2.32 bits per heavy atom. The van der Waals surface area contributed by atoms with Gasteiger partial charge in [0.1, 0.15) is 11.5 Å². The fraction of sp³-hybridized carbons (Fsp3) is 0.500. The Balaban J connectivity index is 1.66. The maximum atomic E-state index is 13.7. The number of fused-ring (bicyclic) bond motifs is 1. The summed E-state index contributed by atoms with van der Waals surface area (Å²) >= 11 is 0. The van der Waals surface area contributed by atoms with Crippen LogP contribution in [0.2, 0.25) is 0 Å². The van der Waals surface area contributed by atoms with Crippen LogP contribution in [0.1, 0.15) is 87.6 Å². The first kappa shape index (κ1) is 28.0. The second-order valence-corrected chi connectivity index (χ2v) is 10.5. The first-order chi connectivity index (χ1) is 18.6. The maximum Gasteiger partial charge on any atom is 0.253 e. The zero-order chi connectivity index (χ0) is 26.7. The molecular weight excluding hydrogens is 475 g/mol. The number of unbranched alkanes of at least 4 members (excludes halogenated alkanes) is 4. The molecule has 0 spiro atoms. The van der Waals surface area contributed by atoms with Crippen LogP contribution in [0.25, 0.3) is 22.9 Å². The molecule has 5 nitrogen and oxygen atoms in total. The van der Waals surface area contributed by atoms with Crippen molar-refractivity contribution in [3.05, 3.63) is 65.6 Å². The first-order valence-electron chi connectivity index (χ1n) is 14.6. The summed E-state index contributed by atoms with van der Waals surface area (Å²) in [6, 6.07) is 10.4. The summed E-state index contributed by atoms with van der Waals surface area (Å²) in [6.07, 6.45) is 16.6. The van der Waals surface area contributed by atoms with Crippen molar-refractivity contribution in [3.63, 3.8) is 0 Å². The van der Waals surface area contributed by atoms with Crippen LogP contribution in [0.4, 0.5) is 4.39 Å². The Bertz CT molecular complexity index is 1180. The van der Waals surface area contributed by atoms with Gasteiger partial charge < -0.3 is 4.90 Å². The van der Waals surface area contributed by atoms with Gasteiger partial charge in [0.15, 0.2) is 0 Å². The summed E-state index contributed by atoms with van der Waals surface area (Å²) in [4.78, 5) is 18.2. The molecule has 0 unspecified atom stereocenters. The third-order valence-electron chi connectivity index (χ3n) is 7.48. The van der Waals surface area contributed by atoms with Crippen molar-refractivity contribution in [1.29, 1.82) is 0 Å². The minimum Gasteiger partial charge on any atom is -0.339 e. The number of rotatable bonds is 13. The number of carbonyl (C=O) groups excluding carboxylic acids is 1. The Labute approximate surface area is 227 Å². The monoisotopic (exact) mass is 518 g/mol. The molecule has 4 rings (SSSR count). The van der Waals surface area contributed by atoms with Gasteiger partial charge in [-0.15, -0.1) is 0 Å². The van der Waals surface area contributed by atoms with E-state index in [0.717, 1.165) is 93.6 Å². The molecule has 0 atom stereocenters. The molecule has 0 radical (unpaired) electrons. The van der Waals surface area contributed by atoms with E-state index in [1.165, 1.54) is 31.4 Å². The smallest absolute Gasteiger partial charge is 0.253 e. The molecule has 1 aliphatic heterocycles. The Morgan fingerprint density at radius 1 is 0.974 bits per heavy atom. The number of aromatic nitrogens is 2. The minimum absolute atomic E-state index is 0.0903. The number of carbonyl (C=O) groups is 1. The van der Waals surface area contributed by atoms with Crippen LogP contribution < -0.4 is 0 Å². The standard InChI is InChI=1S/C32H43FN4O/c1-3-5-8-22-36(23-9-6-4-2)32(38)27-18-24-37-30(25-27)29(13-12-21-35-19-10-7-11-20-35)31(34-37)26-14-16-28(33)17-15-26/h12-18,24-25H,3-11,19-23H2,1-2H3. The number of likely N-dealkylation sites (tertiary alicyclic amines) is 1. The molecule has 1 aromatic carbocycles. The number of hydrogen-bond acceptors (Lipinski definition) is 3. The van der Waals surface area contributed by atoms with Gasteiger partial charge in [-0.25, -0.2) is 8.91 Å². The number of pyridine rings is 1. The van der Waals surface area contributed by atoms with Crippen LogP contribution in [-0.2, 0) is 0 Å². The number of nitrogens with zero attached hydrogens (tertiary/aromatic N) is 4. The van der Waals surface area contributed by atoms with Gasteiger partial charge in [-0.3, -0.25) is 9.69 Å². The van der Waals surface area contributed by atoms with Gasteiger partial charge in [-0.1, -0.05) is 58.1 Å². The molecule has 2 aromatic heterocycles. The van der Waals surface area contributed by atoms with Crippen molar-refractivity contribution < 1.29 is 9.18 Å². The number of piperidine rings is 1. The highest BCUT2D eigenvalue weighted by Crippen LogP contribution is 2.29. The summed E-state index contributed by atoms with van der Waals surface area (Å²) in [7, 11) is 0. The van der Waals surface area contributed by atoms with E-state index in [0.29, 0.717) is 5.56 Å². The summed E-state index contributed by atoms with van der Waals surface area (Å²) in [5, 5.41) is 4.85. The summed E-state index contributed by atoms with van der Waals surface area (Å²) in [5.41, 5.74) is 4.22. The molecule has 0 saturated carbocycles. The largest absolute Gasteiger partial charge is 0.339 e. The fourth-order valence-electron chi connectivity index (χ4n) is 5.25. The first-order valence-corrected chi connectivity index (χ1v) is 14.6. The van der Waals surface area contributed by atoms with E-state index in [1.54, 1.807) is 12.1 Å². The summed E-state index contributed by atoms with van der Waals surface area (Å²) < 4.78 is 15.5. The van der Waals surface area contributed by atoms with E-state index >= 15 is 0 Å². The average molecular weight is 519 g/mol. The molecule has 3 aromatic rings. The van der Waals surface area contributed by atoms with Crippen LogP contribution in [0, 0.1) is 5.82 Å². The van der Waals surface area contributed by atoms with Gasteiger partial charge in [0.05, 0.1) is 5.52 Å². The summed E-state index contributed by atoms with van der Waals surface area (Å²) in [6.45, 7) is 9.13. The third kappa shape index (κ3) is 7.31. The average Bonchev–Trinajstić information content (AvgIpc) is 3.30. The molecule has 204 valence electrons. The van der Waals surface area contributed by atoms with Gasteiger partial charge in [0.2, 0.25) is 0 Å². The van der Waals surface area contributed by atoms with E-state index in [1.807, 2.05) is 27.7 Å². The number of benzene rings is 1. The predicted molar refractivity (Wildman–Crippen MR) is 155 cm³/mol. The molecule has 3 heterocycles. The van der Waals surface area contributed by atoms with Gasteiger partial charge in [0, 0.05) is 42.5 Å². The molecular formula is C32H43FN4O. The normalized spacial score (nSPS) is 14.5. The Hall–Kier alpha value is -2.99. The highest BCUT2D eigenvalue weighted by atomic mass is 19.1. The molecule has 6 heteroatoms. The highest BCUT2D eigenvalue weighted by molar-refractivity contribution is 5.96. The fourth-order valence-corrected chi connectivity index (χ4v) is 5.25. The van der Waals surface area contributed by atoms with Gasteiger partial charge in [0.25, 0.3) is 5.91 Å². The SMILES string of the molecule is CCCCCN(CCCCC)C(=O)c1ccn2nc(-c3ccc(F)cc3)c(C=CCN3CCCCC3)c2c1. The number of amides is 1. The Kier molecular flexibility index (Phi) is 10.5. The second kappa shape index (κ2) is 14.2. The summed E-state index contributed by atoms with van der Waals surface area (Å²) in [5.74, 6) is -0.175. The lowest BCUT2D eigenvalue weighted by Gasteiger charge is -2.24. The molecule has 1 aliphatic rings. The third-order valence-corrected chi connectivity index (χ3v) is 7.48. The van der Waals surface area contributed by atoms with E-state index in [2.05, 4.69) is 30.9 Å². The topological polar surface area (TPSA) is 40.9 Å². The van der Waals surface area contributed by atoms with Gasteiger partial charge >= 0.3 is 0 Å². The molecule has 0 bridgehead atoms. The van der Waals surface area contributed by atoms with E-state index in [4.69, 9.17) is 5.10 Å². The molecule has 0 aliphatic carbocycles. The molecule has 1 fully saturated rings. The van der Waals surface area contributed by atoms with Crippen molar-refractivity contribution in [1.82, 2.24) is 19.4 Å². The molecule has 0 N–H and O–H groups in total. The minimum atomic E-state index is -0.265. The van der Waals surface area contributed by atoms with Crippen LogP contribution in [-0.4, -0.2) is 58.0 Å². The van der Waals surface area contributed by atoms with Crippen LogP contribution in [0.3, 0.4) is 0 Å².